The number of sulfonamides is 1. The van der Waals surface area contributed by atoms with Gasteiger partial charge in [-0.15, -0.1) is 0 Å². The van der Waals surface area contributed by atoms with E-state index in [1.807, 2.05) is 0 Å². The fraction of sp³-hybridized carbons (Fsp3) is 0.0833. The predicted molar refractivity (Wildman–Crippen MR) is 73.9 cm³/mol. The minimum Gasteiger partial charge on any atom is -0.280 e. The van der Waals surface area contributed by atoms with Crippen molar-refractivity contribution >= 4 is 31.6 Å². The topological polar surface area (TPSA) is 59.1 Å². The third kappa shape index (κ3) is 3.08. The second kappa shape index (κ2) is 5.07. The molecule has 0 aliphatic carbocycles. The van der Waals surface area contributed by atoms with Gasteiger partial charge in [-0.2, -0.15) is 0 Å². The van der Waals surface area contributed by atoms with E-state index in [1.165, 1.54) is 0 Å². The Bertz CT molecular complexity index is 654. The van der Waals surface area contributed by atoms with Crippen molar-refractivity contribution in [2.24, 2.45) is 0 Å². The molecule has 0 amide bonds. The largest absolute Gasteiger partial charge is 0.280 e. The van der Waals surface area contributed by atoms with Gasteiger partial charge in [0.15, 0.2) is 0 Å². The van der Waals surface area contributed by atoms with Crippen LogP contribution in [0, 0.1) is 6.92 Å². The van der Waals surface area contributed by atoms with Crippen molar-refractivity contribution in [1.29, 1.82) is 0 Å². The molecular formula is C12H11BrN2O2S. The molecule has 1 heterocycles. The van der Waals surface area contributed by atoms with Gasteiger partial charge in [0.25, 0.3) is 10.0 Å². The number of halogens is 1. The second-order valence-corrected chi connectivity index (χ2v) is 6.34. The zero-order valence-corrected chi connectivity index (χ0v) is 12.0. The fourth-order valence-electron chi connectivity index (χ4n) is 1.44. The Morgan fingerprint density at radius 1 is 1.17 bits per heavy atom. The summed E-state index contributed by atoms with van der Waals surface area (Å²) in [6.07, 6.45) is 1.56. The van der Waals surface area contributed by atoms with Gasteiger partial charge < -0.3 is 0 Å². The molecule has 0 unspecified atom stereocenters. The maximum atomic E-state index is 12.1. The first-order valence-electron chi connectivity index (χ1n) is 5.18. The van der Waals surface area contributed by atoms with Gasteiger partial charge >= 0.3 is 0 Å². The van der Waals surface area contributed by atoms with Crippen molar-refractivity contribution in [3.63, 3.8) is 0 Å². The monoisotopic (exact) mass is 326 g/mol. The smallest absolute Gasteiger partial charge is 0.261 e. The number of rotatable bonds is 3. The lowest BCUT2D eigenvalue weighted by atomic mass is 10.3. The average Bonchev–Trinajstić information content (AvgIpc) is 2.29. The van der Waals surface area contributed by atoms with Crippen LogP contribution in [0.25, 0.3) is 0 Å². The summed E-state index contributed by atoms with van der Waals surface area (Å²) in [6.45, 7) is 1.80. The van der Waals surface area contributed by atoms with Crippen molar-refractivity contribution in [2.45, 2.75) is 11.8 Å². The molecular weight excluding hydrogens is 316 g/mol. The molecule has 6 heteroatoms. The van der Waals surface area contributed by atoms with Crippen LogP contribution in [0.15, 0.2) is 52.0 Å². The summed E-state index contributed by atoms with van der Waals surface area (Å²) in [5.74, 6) is 0. The molecule has 18 heavy (non-hydrogen) atoms. The highest BCUT2D eigenvalue weighted by Crippen LogP contribution is 2.18. The van der Waals surface area contributed by atoms with Crippen molar-refractivity contribution in [2.75, 3.05) is 4.72 Å². The first-order valence-corrected chi connectivity index (χ1v) is 7.46. The fourth-order valence-corrected chi connectivity index (χ4v) is 2.75. The van der Waals surface area contributed by atoms with E-state index < -0.39 is 10.0 Å². The van der Waals surface area contributed by atoms with Crippen LogP contribution in [0.2, 0.25) is 0 Å². The van der Waals surface area contributed by atoms with Crippen LogP contribution in [0.1, 0.15) is 5.69 Å². The summed E-state index contributed by atoms with van der Waals surface area (Å²) < 4.78 is 27.5. The molecule has 0 radical (unpaired) electrons. The molecule has 2 aromatic rings. The number of aromatic nitrogens is 1. The molecule has 0 bridgehead atoms. The molecule has 1 aromatic heterocycles. The van der Waals surface area contributed by atoms with Gasteiger partial charge in [-0.25, -0.2) is 8.42 Å². The van der Waals surface area contributed by atoms with E-state index >= 15 is 0 Å². The van der Waals surface area contributed by atoms with Crippen LogP contribution in [0.3, 0.4) is 0 Å². The second-order valence-electron chi connectivity index (χ2n) is 3.75. The first kappa shape index (κ1) is 13.0. The lowest BCUT2D eigenvalue weighted by Crippen LogP contribution is -2.12. The molecule has 0 saturated heterocycles. The van der Waals surface area contributed by atoms with E-state index in [1.54, 1.807) is 49.5 Å². The number of pyridine rings is 1. The number of nitrogens with one attached hydrogen (secondary N) is 1. The number of hydrogen-bond acceptors (Lipinski definition) is 3. The molecule has 2 rings (SSSR count). The molecule has 1 aromatic carbocycles. The average molecular weight is 327 g/mol. The summed E-state index contributed by atoms with van der Waals surface area (Å²) >= 11 is 3.27. The van der Waals surface area contributed by atoms with E-state index in [0.29, 0.717) is 5.69 Å². The van der Waals surface area contributed by atoms with Gasteiger partial charge in [0.1, 0.15) is 0 Å². The number of nitrogens with zero attached hydrogens (tertiary/aromatic N) is 1. The molecule has 0 aliphatic rings. The molecule has 1 N–H and O–H groups in total. The maximum Gasteiger partial charge on any atom is 0.261 e. The van der Waals surface area contributed by atoms with Crippen LogP contribution >= 0.6 is 15.9 Å². The lowest BCUT2D eigenvalue weighted by Gasteiger charge is -2.08. The quantitative estimate of drug-likeness (QED) is 0.943. The molecule has 0 atom stereocenters. The SMILES string of the molecule is Cc1cc(NS(=O)(=O)c2ccc(Br)cc2)ccn1. The Balaban J connectivity index is 2.30. The van der Waals surface area contributed by atoms with E-state index in [2.05, 4.69) is 25.6 Å². The third-order valence-corrected chi connectivity index (χ3v) is 4.20. The summed E-state index contributed by atoms with van der Waals surface area (Å²) in [4.78, 5) is 4.24. The van der Waals surface area contributed by atoms with E-state index in [0.717, 1.165) is 10.2 Å². The van der Waals surface area contributed by atoms with Gasteiger partial charge in [0.05, 0.1) is 10.6 Å². The molecule has 4 nitrogen and oxygen atoms in total. The van der Waals surface area contributed by atoms with Gasteiger partial charge in [-0.05, 0) is 43.3 Å². The normalized spacial score (nSPS) is 11.2. The Kier molecular flexibility index (Phi) is 3.68. The highest BCUT2D eigenvalue weighted by Gasteiger charge is 2.13. The minimum absolute atomic E-state index is 0.222. The molecule has 0 saturated carbocycles. The van der Waals surface area contributed by atoms with Crippen LogP contribution in [-0.2, 0) is 10.0 Å². The van der Waals surface area contributed by atoms with Gasteiger partial charge in [-0.3, -0.25) is 9.71 Å². The van der Waals surface area contributed by atoms with E-state index in [-0.39, 0.29) is 4.90 Å². The molecule has 94 valence electrons. The van der Waals surface area contributed by atoms with E-state index in [9.17, 15) is 8.42 Å². The standard InChI is InChI=1S/C12H11BrN2O2S/c1-9-8-11(6-7-14-9)15-18(16,17)12-4-2-10(13)3-5-12/h2-8H,1H3,(H,14,15). The zero-order chi connectivity index (χ0) is 13.2. The summed E-state index contributed by atoms with van der Waals surface area (Å²) in [5.41, 5.74) is 1.26. The predicted octanol–water partition coefficient (Wildman–Crippen LogP) is 2.95. The van der Waals surface area contributed by atoms with Crippen molar-refractivity contribution in [3.8, 4) is 0 Å². The highest BCUT2D eigenvalue weighted by atomic mass is 79.9. The van der Waals surface area contributed by atoms with Crippen molar-refractivity contribution < 1.29 is 8.42 Å². The molecule has 0 fully saturated rings. The minimum atomic E-state index is -3.55. The van der Waals surface area contributed by atoms with Crippen LogP contribution < -0.4 is 4.72 Å². The Morgan fingerprint density at radius 3 is 2.44 bits per heavy atom. The third-order valence-electron chi connectivity index (χ3n) is 2.27. The van der Waals surface area contributed by atoms with Crippen molar-refractivity contribution in [3.05, 3.63) is 52.8 Å². The van der Waals surface area contributed by atoms with E-state index in [4.69, 9.17) is 0 Å². The number of hydrogen-bond donors (Lipinski definition) is 1. The van der Waals surface area contributed by atoms with Crippen LogP contribution in [-0.4, -0.2) is 13.4 Å². The number of anilines is 1. The van der Waals surface area contributed by atoms with Crippen LogP contribution in [0.5, 0.6) is 0 Å². The van der Waals surface area contributed by atoms with Gasteiger partial charge in [-0.1, -0.05) is 15.9 Å². The summed E-state index contributed by atoms with van der Waals surface area (Å²) in [6, 6.07) is 9.75. The summed E-state index contributed by atoms with van der Waals surface area (Å²) in [5, 5.41) is 0. The van der Waals surface area contributed by atoms with Gasteiger partial charge in [0, 0.05) is 16.4 Å². The maximum absolute atomic E-state index is 12.1. The Morgan fingerprint density at radius 2 is 1.83 bits per heavy atom. The highest BCUT2D eigenvalue weighted by molar-refractivity contribution is 9.10. The van der Waals surface area contributed by atoms with Crippen molar-refractivity contribution in [1.82, 2.24) is 4.98 Å². The Hall–Kier alpha value is -1.40. The number of aryl methyl sites for hydroxylation is 1. The molecule has 0 aliphatic heterocycles. The van der Waals surface area contributed by atoms with Crippen LogP contribution in [0.4, 0.5) is 5.69 Å². The summed E-state index contributed by atoms with van der Waals surface area (Å²) in [7, 11) is -3.55. The zero-order valence-electron chi connectivity index (χ0n) is 9.59. The number of benzene rings is 1. The first-order chi connectivity index (χ1) is 8.47. The van der Waals surface area contributed by atoms with Gasteiger partial charge in [0.2, 0.25) is 0 Å². The Labute approximate surface area is 114 Å². The molecule has 0 spiro atoms. The lowest BCUT2D eigenvalue weighted by molar-refractivity contribution is 0.601.